The van der Waals surface area contributed by atoms with Crippen molar-refractivity contribution in [1.29, 1.82) is 0 Å². The number of anilines is 1. The summed E-state index contributed by atoms with van der Waals surface area (Å²) < 4.78 is 8.84. The van der Waals surface area contributed by atoms with E-state index in [4.69, 9.17) is 5.73 Å². The van der Waals surface area contributed by atoms with E-state index in [-0.39, 0.29) is 16.8 Å². The number of benzene rings is 1. The highest BCUT2D eigenvalue weighted by atomic mass is 16.5. The summed E-state index contributed by atoms with van der Waals surface area (Å²) in [5, 5.41) is 19.4. The zero-order chi connectivity index (χ0) is 14.6. The normalized spacial score (nSPS) is 13.5. The molecule has 4 N–H and O–H groups in total. The Bertz CT molecular complexity index is 487. The lowest BCUT2D eigenvalue weighted by molar-refractivity contribution is -0.156. The van der Waals surface area contributed by atoms with Crippen LogP contribution in [0.2, 0.25) is 0 Å². The maximum atomic E-state index is 11.4. The van der Waals surface area contributed by atoms with Crippen LogP contribution in [0.25, 0.3) is 0 Å². The van der Waals surface area contributed by atoms with Crippen LogP contribution >= 0.6 is 0 Å². The Labute approximate surface area is 109 Å². The monoisotopic (exact) mass is 269 g/mol. The van der Waals surface area contributed by atoms with Gasteiger partial charge in [-0.15, -0.1) is 0 Å². The summed E-state index contributed by atoms with van der Waals surface area (Å²) in [6, 6.07) is 4.02. The number of carbonyl (C=O) groups is 2. The molecule has 19 heavy (non-hydrogen) atoms. The molecule has 0 bridgehead atoms. The Kier molecular flexibility index (Phi) is 4.85. The minimum atomic E-state index is -1.79. The van der Waals surface area contributed by atoms with Gasteiger partial charge in [-0.3, -0.25) is 0 Å². The average Bonchev–Trinajstić information content (AvgIpc) is 2.44. The van der Waals surface area contributed by atoms with Gasteiger partial charge in [-0.05, 0) is 18.2 Å². The molecule has 0 aliphatic heterocycles. The van der Waals surface area contributed by atoms with E-state index in [0.29, 0.717) is 0 Å². The van der Waals surface area contributed by atoms with E-state index in [1.807, 2.05) is 0 Å². The minimum absolute atomic E-state index is 0.0424. The quantitative estimate of drug-likeness (QED) is 0.503. The lowest BCUT2D eigenvalue weighted by Crippen LogP contribution is -2.29. The van der Waals surface area contributed by atoms with Crippen molar-refractivity contribution in [3.63, 3.8) is 0 Å². The molecular weight excluding hydrogens is 254 g/mol. The third kappa shape index (κ3) is 3.21. The lowest BCUT2D eigenvalue weighted by atomic mass is 10.00. The fourth-order valence-corrected chi connectivity index (χ4v) is 1.50. The number of carbonyl (C=O) groups excluding carboxylic acids is 2. The molecule has 0 saturated carbocycles. The maximum Gasteiger partial charge on any atom is 0.337 e. The number of nitrogens with two attached hydrogens (primary N) is 1. The number of hydrogen-bond acceptors (Lipinski definition) is 7. The number of nitrogen functional groups attached to an aromatic ring is 1. The molecule has 0 saturated heterocycles. The molecule has 7 nitrogen and oxygen atoms in total. The van der Waals surface area contributed by atoms with Crippen LogP contribution in [0.3, 0.4) is 0 Å². The van der Waals surface area contributed by atoms with E-state index in [9.17, 15) is 19.8 Å². The SMILES string of the molecule is COC(=O)c1ccc(N)c(C(O)C(O)C(=O)OC)c1. The summed E-state index contributed by atoms with van der Waals surface area (Å²) in [6.07, 6.45) is -3.39. The molecule has 1 rings (SSSR count). The van der Waals surface area contributed by atoms with Crippen molar-refractivity contribution in [2.45, 2.75) is 12.2 Å². The van der Waals surface area contributed by atoms with Gasteiger partial charge in [0.25, 0.3) is 0 Å². The molecule has 0 amide bonds. The predicted octanol–water partition coefficient (Wildman–Crippen LogP) is -0.377. The minimum Gasteiger partial charge on any atom is -0.467 e. The van der Waals surface area contributed by atoms with Crippen molar-refractivity contribution < 1.29 is 29.3 Å². The number of methoxy groups -OCH3 is 2. The number of esters is 2. The van der Waals surface area contributed by atoms with Crippen molar-refractivity contribution in [1.82, 2.24) is 0 Å². The molecule has 0 aliphatic rings. The van der Waals surface area contributed by atoms with Crippen LogP contribution < -0.4 is 5.73 Å². The molecular formula is C12H15NO6. The molecule has 1 aromatic rings. The van der Waals surface area contributed by atoms with Gasteiger partial charge in [0.2, 0.25) is 0 Å². The molecule has 0 aliphatic carbocycles. The molecule has 0 heterocycles. The fourth-order valence-electron chi connectivity index (χ4n) is 1.50. The number of hydrogen-bond donors (Lipinski definition) is 3. The Balaban J connectivity index is 3.11. The Morgan fingerprint density at radius 1 is 1.21 bits per heavy atom. The summed E-state index contributed by atoms with van der Waals surface area (Å²) in [7, 11) is 2.28. The van der Waals surface area contributed by atoms with Crippen molar-refractivity contribution in [2.24, 2.45) is 0 Å². The lowest BCUT2D eigenvalue weighted by Gasteiger charge is -2.18. The van der Waals surface area contributed by atoms with Gasteiger partial charge in [0.1, 0.15) is 6.10 Å². The first-order valence-electron chi connectivity index (χ1n) is 5.34. The van der Waals surface area contributed by atoms with Gasteiger partial charge >= 0.3 is 11.9 Å². The second-order valence-corrected chi connectivity index (χ2v) is 3.75. The van der Waals surface area contributed by atoms with Gasteiger partial charge in [0, 0.05) is 11.3 Å². The molecule has 1 aromatic carbocycles. The third-order valence-electron chi connectivity index (χ3n) is 2.57. The average molecular weight is 269 g/mol. The van der Waals surface area contributed by atoms with Crippen molar-refractivity contribution in [2.75, 3.05) is 20.0 Å². The van der Waals surface area contributed by atoms with Crippen molar-refractivity contribution in [3.8, 4) is 0 Å². The summed E-state index contributed by atoms with van der Waals surface area (Å²) in [4.78, 5) is 22.5. The van der Waals surface area contributed by atoms with Crippen LogP contribution in [0.1, 0.15) is 22.0 Å². The number of aliphatic hydroxyl groups is 2. The van der Waals surface area contributed by atoms with E-state index in [1.54, 1.807) is 0 Å². The van der Waals surface area contributed by atoms with Crippen LogP contribution in [0.15, 0.2) is 18.2 Å². The highest BCUT2D eigenvalue weighted by Crippen LogP contribution is 2.25. The van der Waals surface area contributed by atoms with Crippen LogP contribution in [-0.4, -0.2) is 42.5 Å². The van der Waals surface area contributed by atoms with Gasteiger partial charge in [-0.1, -0.05) is 0 Å². The largest absolute Gasteiger partial charge is 0.467 e. The Hall–Kier alpha value is -2.12. The second kappa shape index (κ2) is 6.17. The standard InChI is InChI=1S/C12H15NO6/c1-18-11(16)6-3-4-8(13)7(5-6)9(14)10(15)12(17)19-2/h3-5,9-10,14-15H,13H2,1-2H3. The highest BCUT2D eigenvalue weighted by molar-refractivity contribution is 5.90. The predicted molar refractivity (Wildman–Crippen MR) is 65.2 cm³/mol. The van der Waals surface area contributed by atoms with Crippen molar-refractivity contribution in [3.05, 3.63) is 29.3 Å². The van der Waals surface area contributed by atoms with Crippen LogP contribution in [0.4, 0.5) is 5.69 Å². The number of aliphatic hydroxyl groups excluding tert-OH is 2. The number of ether oxygens (including phenoxy) is 2. The first-order valence-corrected chi connectivity index (χ1v) is 5.34. The molecule has 0 fully saturated rings. The van der Waals surface area contributed by atoms with Crippen LogP contribution in [0.5, 0.6) is 0 Å². The van der Waals surface area contributed by atoms with E-state index in [0.717, 1.165) is 7.11 Å². The van der Waals surface area contributed by atoms with Gasteiger partial charge in [-0.25, -0.2) is 9.59 Å². The van der Waals surface area contributed by atoms with E-state index in [2.05, 4.69) is 9.47 Å². The topological polar surface area (TPSA) is 119 Å². The molecule has 0 aromatic heterocycles. The van der Waals surface area contributed by atoms with Crippen LogP contribution in [-0.2, 0) is 14.3 Å². The summed E-state index contributed by atoms with van der Waals surface area (Å²) in [6.45, 7) is 0. The molecule has 104 valence electrons. The molecule has 0 spiro atoms. The molecule has 2 unspecified atom stereocenters. The van der Waals surface area contributed by atoms with Gasteiger partial charge in [-0.2, -0.15) is 0 Å². The fraction of sp³-hybridized carbons (Fsp3) is 0.333. The van der Waals surface area contributed by atoms with E-state index >= 15 is 0 Å². The zero-order valence-corrected chi connectivity index (χ0v) is 10.5. The van der Waals surface area contributed by atoms with Gasteiger partial charge < -0.3 is 25.4 Å². The van der Waals surface area contributed by atoms with Crippen LogP contribution in [0, 0.1) is 0 Å². The summed E-state index contributed by atoms with van der Waals surface area (Å²) in [5.41, 5.74) is 5.95. The molecule has 2 atom stereocenters. The third-order valence-corrected chi connectivity index (χ3v) is 2.57. The first kappa shape index (κ1) is 14.9. The zero-order valence-electron chi connectivity index (χ0n) is 10.5. The maximum absolute atomic E-state index is 11.4. The smallest absolute Gasteiger partial charge is 0.337 e. The number of rotatable bonds is 4. The molecule has 7 heteroatoms. The second-order valence-electron chi connectivity index (χ2n) is 3.75. The first-order chi connectivity index (χ1) is 8.92. The van der Waals surface area contributed by atoms with Gasteiger partial charge in [0.15, 0.2) is 6.10 Å². The van der Waals surface area contributed by atoms with E-state index < -0.39 is 24.1 Å². The van der Waals surface area contributed by atoms with Gasteiger partial charge in [0.05, 0.1) is 19.8 Å². The van der Waals surface area contributed by atoms with Crippen molar-refractivity contribution >= 4 is 17.6 Å². The highest BCUT2D eigenvalue weighted by Gasteiger charge is 2.28. The van der Waals surface area contributed by atoms with E-state index in [1.165, 1.54) is 25.3 Å². The summed E-state index contributed by atoms with van der Waals surface area (Å²) in [5.74, 6) is -1.63. The Morgan fingerprint density at radius 3 is 2.37 bits per heavy atom. The summed E-state index contributed by atoms with van der Waals surface area (Å²) >= 11 is 0. The molecule has 0 radical (unpaired) electrons. The Morgan fingerprint density at radius 2 is 1.84 bits per heavy atom.